The van der Waals surface area contributed by atoms with E-state index in [1.807, 2.05) is 6.92 Å². The lowest BCUT2D eigenvalue weighted by Crippen LogP contribution is -2.56. The zero-order chi connectivity index (χ0) is 19.6. The second-order valence-electron chi connectivity index (χ2n) is 7.34. The number of aryl methyl sites for hydroxylation is 3. The molecule has 2 amide bonds. The van der Waals surface area contributed by atoms with Crippen molar-refractivity contribution < 1.29 is 9.59 Å². The molecule has 1 saturated heterocycles. The molecule has 2 heterocycles. The highest BCUT2D eigenvalue weighted by Gasteiger charge is 2.30. The van der Waals surface area contributed by atoms with E-state index in [1.165, 1.54) is 22.2 Å². The van der Waals surface area contributed by atoms with Gasteiger partial charge in [0.25, 0.3) is 0 Å². The van der Waals surface area contributed by atoms with Crippen LogP contribution in [0.4, 0.5) is 0 Å². The Bertz CT molecular complexity index is 855. The van der Waals surface area contributed by atoms with Crippen LogP contribution in [0.1, 0.15) is 42.7 Å². The minimum atomic E-state index is -0.374. The number of nitrogens with one attached hydrogen (secondary N) is 3. The molecule has 146 valence electrons. The lowest BCUT2D eigenvalue weighted by molar-refractivity contribution is -0.133. The first-order valence-corrected chi connectivity index (χ1v) is 9.83. The summed E-state index contributed by atoms with van der Waals surface area (Å²) in [6, 6.07) is 3.93. The Kier molecular flexibility index (Phi) is 5.85. The molecule has 0 bridgehead atoms. The van der Waals surface area contributed by atoms with E-state index in [4.69, 9.17) is 0 Å². The number of carbonyl (C=O) groups is 2. The fourth-order valence-electron chi connectivity index (χ4n) is 4.01. The zero-order valence-corrected chi connectivity index (χ0v) is 16.7. The summed E-state index contributed by atoms with van der Waals surface area (Å²) in [7, 11) is 0. The summed E-state index contributed by atoms with van der Waals surface area (Å²) in [5, 5.41) is 7.09. The SMILES string of the molecule is CCc1[nH]c2c(CNC(=O)CC3C(=O)NCCN3CC)cc(C)cc2c1C. The normalized spacial score (nSPS) is 17.9. The van der Waals surface area contributed by atoms with Crippen molar-refractivity contribution in [2.24, 2.45) is 0 Å². The highest BCUT2D eigenvalue weighted by molar-refractivity contribution is 5.90. The Morgan fingerprint density at radius 2 is 2.07 bits per heavy atom. The van der Waals surface area contributed by atoms with Gasteiger partial charge in [-0.05, 0) is 44.0 Å². The standard InChI is InChI=1S/C21H30N4O2/c1-5-17-14(4)16-10-13(3)9-15(20(16)24-17)12-23-19(26)11-18-21(27)22-7-8-25(18)6-2/h9-10,18,24H,5-8,11-12H2,1-4H3,(H,22,27)(H,23,26). The van der Waals surface area contributed by atoms with Gasteiger partial charge < -0.3 is 15.6 Å². The summed E-state index contributed by atoms with van der Waals surface area (Å²) < 4.78 is 0. The molecule has 3 rings (SSSR count). The van der Waals surface area contributed by atoms with Gasteiger partial charge in [0.1, 0.15) is 0 Å². The summed E-state index contributed by atoms with van der Waals surface area (Å²) in [6.45, 7) is 11.0. The molecule has 0 saturated carbocycles. The average molecular weight is 370 g/mol. The van der Waals surface area contributed by atoms with Gasteiger partial charge >= 0.3 is 0 Å². The quantitative estimate of drug-likeness (QED) is 0.729. The van der Waals surface area contributed by atoms with Crippen LogP contribution >= 0.6 is 0 Å². The van der Waals surface area contributed by atoms with Gasteiger partial charge in [0.2, 0.25) is 11.8 Å². The van der Waals surface area contributed by atoms with Crippen LogP contribution in [0.2, 0.25) is 0 Å². The molecule has 1 atom stereocenters. The minimum Gasteiger partial charge on any atom is -0.358 e. The molecule has 6 heteroatoms. The number of nitrogens with zero attached hydrogens (tertiary/aromatic N) is 1. The number of amides is 2. The summed E-state index contributed by atoms with van der Waals surface area (Å²) in [6.07, 6.45) is 1.15. The molecular weight excluding hydrogens is 340 g/mol. The number of likely N-dealkylation sites (N-methyl/N-ethyl adjacent to an activating group) is 1. The first-order chi connectivity index (χ1) is 12.9. The van der Waals surface area contributed by atoms with Crippen LogP contribution in [0.15, 0.2) is 12.1 Å². The number of aromatic amines is 1. The third-order valence-electron chi connectivity index (χ3n) is 5.55. The van der Waals surface area contributed by atoms with E-state index in [-0.39, 0.29) is 24.3 Å². The summed E-state index contributed by atoms with van der Waals surface area (Å²) in [5.74, 6) is -0.145. The predicted octanol–water partition coefficient (Wildman–Crippen LogP) is 2.17. The molecule has 6 nitrogen and oxygen atoms in total. The van der Waals surface area contributed by atoms with Crippen LogP contribution < -0.4 is 10.6 Å². The Morgan fingerprint density at radius 1 is 1.30 bits per heavy atom. The molecule has 1 aromatic heterocycles. The van der Waals surface area contributed by atoms with Gasteiger partial charge in [-0.1, -0.05) is 25.5 Å². The number of hydrogen-bond donors (Lipinski definition) is 3. The summed E-state index contributed by atoms with van der Waals surface area (Å²) in [4.78, 5) is 30.2. The lowest BCUT2D eigenvalue weighted by atomic mass is 10.0. The second-order valence-corrected chi connectivity index (χ2v) is 7.34. The van der Waals surface area contributed by atoms with Crippen LogP contribution in [0, 0.1) is 13.8 Å². The second kappa shape index (κ2) is 8.13. The van der Waals surface area contributed by atoms with Gasteiger partial charge in [-0.25, -0.2) is 0 Å². The molecular formula is C21H30N4O2. The van der Waals surface area contributed by atoms with Crippen molar-refractivity contribution in [2.45, 2.75) is 53.1 Å². The van der Waals surface area contributed by atoms with Gasteiger partial charge in [0.05, 0.1) is 18.0 Å². The topological polar surface area (TPSA) is 77.2 Å². The zero-order valence-electron chi connectivity index (χ0n) is 16.7. The lowest BCUT2D eigenvalue weighted by Gasteiger charge is -2.33. The van der Waals surface area contributed by atoms with Gasteiger partial charge in [-0.3, -0.25) is 14.5 Å². The van der Waals surface area contributed by atoms with Crippen LogP contribution in [0.3, 0.4) is 0 Å². The van der Waals surface area contributed by atoms with Crippen LogP contribution in [-0.2, 0) is 22.6 Å². The molecule has 1 fully saturated rings. The molecule has 27 heavy (non-hydrogen) atoms. The first-order valence-electron chi connectivity index (χ1n) is 9.83. The molecule has 3 N–H and O–H groups in total. The third kappa shape index (κ3) is 4.00. The number of rotatable bonds is 6. The fraction of sp³-hybridized carbons (Fsp3) is 0.524. The Morgan fingerprint density at radius 3 is 2.78 bits per heavy atom. The molecule has 2 aromatic rings. The van der Waals surface area contributed by atoms with Crippen molar-refractivity contribution in [3.8, 4) is 0 Å². The molecule has 1 aliphatic heterocycles. The number of hydrogen-bond acceptors (Lipinski definition) is 3. The maximum Gasteiger partial charge on any atom is 0.237 e. The Labute approximate surface area is 160 Å². The highest BCUT2D eigenvalue weighted by Crippen LogP contribution is 2.26. The molecule has 1 unspecified atom stereocenters. The number of fused-ring (bicyclic) bond motifs is 1. The minimum absolute atomic E-state index is 0.0521. The van der Waals surface area contributed by atoms with E-state index in [0.29, 0.717) is 13.1 Å². The van der Waals surface area contributed by atoms with Crippen molar-refractivity contribution in [1.82, 2.24) is 20.5 Å². The van der Waals surface area contributed by atoms with E-state index < -0.39 is 0 Å². The maximum atomic E-state index is 12.5. The number of carbonyl (C=O) groups excluding carboxylic acids is 2. The first kappa shape index (κ1) is 19.4. The molecule has 1 aliphatic rings. The average Bonchev–Trinajstić information content (AvgIpc) is 2.97. The molecule has 0 spiro atoms. The van der Waals surface area contributed by atoms with E-state index in [2.05, 4.69) is 53.4 Å². The predicted molar refractivity (Wildman–Crippen MR) is 108 cm³/mol. The number of aromatic nitrogens is 1. The number of benzene rings is 1. The van der Waals surface area contributed by atoms with E-state index in [0.717, 1.165) is 30.6 Å². The van der Waals surface area contributed by atoms with Crippen molar-refractivity contribution in [2.75, 3.05) is 19.6 Å². The van der Waals surface area contributed by atoms with Crippen molar-refractivity contribution >= 4 is 22.7 Å². The number of H-pyrrole nitrogens is 1. The van der Waals surface area contributed by atoms with E-state index in [1.54, 1.807) is 0 Å². The Hall–Kier alpha value is -2.34. The van der Waals surface area contributed by atoms with E-state index >= 15 is 0 Å². The van der Waals surface area contributed by atoms with Crippen molar-refractivity contribution in [1.29, 1.82) is 0 Å². The highest BCUT2D eigenvalue weighted by atomic mass is 16.2. The summed E-state index contributed by atoms with van der Waals surface area (Å²) in [5.41, 5.74) is 5.88. The Balaban J connectivity index is 1.72. The third-order valence-corrected chi connectivity index (χ3v) is 5.55. The fourth-order valence-corrected chi connectivity index (χ4v) is 4.01. The number of piperazine rings is 1. The monoisotopic (exact) mass is 370 g/mol. The maximum absolute atomic E-state index is 12.5. The molecule has 1 aromatic carbocycles. The largest absolute Gasteiger partial charge is 0.358 e. The molecule has 0 aliphatic carbocycles. The van der Waals surface area contributed by atoms with Crippen LogP contribution in [0.25, 0.3) is 10.9 Å². The molecule has 0 radical (unpaired) electrons. The smallest absolute Gasteiger partial charge is 0.237 e. The van der Waals surface area contributed by atoms with Crippen molar-refractivity contribution in [3.05, 3.63) is 34.5 Å². The van der Waals surface area contributed by atoms with Crippen LogP contribution in [0.5, 0.6) is 0 Å². The van der Waals surface area contributed by atoms with Gasteiger partial charge in [-0.15, -0.1) is 0 Å². The van der Waals surface area contributed by atoms with Gasteiger partial charge in [0, 0.05) is 30.7 Å². The van der Waals surface area contributed by atoms with Gasteiger partial charge in [-0.2, -0.15) is 0 Å². The van der Waals surface area contributed by atoms with Gasteiger partial charge in [0.15, 0.2) is 0 Å². The van der Waals surface area contributed by atoms with Crippen LogP contribution in [-0.4, -0.2) is 47.4 Å². The summed E-state index contributed by atoms with van der Waals surface area (Å²) >= 11 is 0. The van der Waals surface area contributed by atoms with Crippen molar-refractivity contribution in [3.63, 3.8) is 0 Å². The van der Waals surface area contributed by atoms with E-state index in [9.17, 15) is 9.59 Å².